The van der Waals surface area contributed by atoms with Crippen LogP contribution < -0.4 is 0 Å². The molecule has 0 aromatic rings. The van der Waals surface area contributed by atoms with Gasteiger partial charge in [-0.05, 0) is 31.8 Å². The first kappa shape index (κ1) is 15.1. The van der Waals surface area contributed by atoms with Crippen LogP contribution >= 0.6 is 0 Å². The Bertz CT molecular complexity index is 346. The molecule has 0 bridgehead atoms. The van der Waals surface area contributed by atoms with Gasteiger partial charge in [0.05, 0.1) is 5.41 Å². The maximum absolute atomic E-state index is 13.9. The van der Waals surface area contributed by atoms with Gasteiger partial charge in [0.1, 0.15) is 11.6 Å². The van der Waals surface area contributed by atoms with Crippen LogP contribution in [-0.2, 0) is 4.79 Å². The van der Waals surface area contributed by atoms with Gasteiger partial charge in [0.25, 0.3) is 0 Å². The Morgan fingerprint density at radius 1 is 1.22 bits per heavy atom. The molecule has 0 unspecified atom stereocenters. The molecule has 1 nitrogen and oxygen atoms in total. The molecular weight excluding hydrogens is 227 g/mol. The third-order valence-corrected chi connectivity index (χ3v) is 4.00. The highest BCUT2D eigenvalue weighted by atomic mass is 19.1. The minimum atomic E-state index is -0.501. The second-order valence-electron chi connectivity index (χ2n) is 4.96. The molecule has 0 heterocycles. The molecule has 18 heavy (non-hydrogen) atoms. The molecule has 0 aliphatic heterocycles. The number of hydrogen-bond acceptors (Lipinski definition) is 1. The molecule has 1 fully saturated rings. The van der Waals surface area contributed by atoms with E-state index in [0.717, 1.165) is 32.1 Å². The third-order valence-electron chi connectivity index (χ3n) is 4.00. The van der Waals surface area contributed by atoms with Gasteiger partial charge in [-0.3, -0.25) is 4.79 Å². The summed E-state index contributed by atoms with van der Waals surface area (Å²) in [5.41, 5.74) is 0.185. The number of rotatable bonds is 2. The minimum absolute atomic E-state index is 0.0559. The van der Waals surface area contributed by atoms with E-state index in [2.05, 4.69) is 0 Å². The molecule has 102 valence electrons. The number of carbonyl (C=O) groups is 1. The van der Waals surface area contributed by atoms with E-state index in [-0.39, 0.29) is 11.6 Å². The lowest BCUT2D eigenvalue weighted by Gasteiger charge is -2.37. The molecule has 2 rings (SSSR count). The summed E-state index contributed by atoms with van der Waals surface area (Å²) >= 11 is 0. The third kappa shape index (κ3) is 2.90. The summed E-state index contributed by atoms with van der Waals surface area (Å²) in [5.74, 6) is 0.0866. The summed E-state index contributed by atoms with van der Waals surface area (Å²) < 4.78 is 13.9. The fourth-order valence-corrected chi connectivity index (χ4v) is 3.02. The largest absolute Gasteiger partial charge is 0.299 e. The van der Waals surface area contributed by atoms with Crippen molar-refractivity contribution in [2.45, 2.75) is 65.7 Å². The molecule has 0 atom stereocenters. The molecule has 0 saturated heterocycles. The van der Waals surface area contributed by atoms with Gasteiger partial charge >= 0.3 is 0 Å². The molecule has 0 N–H and O–H groups in total. The minimum Gasteiger partial charge on any atom is -0.299 e. The van der Waals surface area contributed by atoms with E-state index in [0.29, 0.717) is 12.0 Å². The number of ketones is 1. The van der Waals surface area contributed by atoms with E-state index < -0.39 is 5.41 Å². The molecule has 0 amide bonds. The number of halogens is 1. The fraction of sp³-hybridized carbons (Fsp3) is 0.688. The van der Waals surface area contributed by atoms with Crippen LogP contribution in [0, 0.1) is 5.41 Å². The molecular formula is C16H25FO. The first-order chi connectivity index (χ1) is 8.67. The highest BCUT2D eigenvalue weighted by Gasteiger charge is 2.41. The summed E-state index contributed by atoms with van der Waals surface area (Å²) in [6, 6.07) is 0. The Morgan fingerprint density at radius 3 is 2.33 bits per heavy atom. The lowest BCUT2D eigenvalue weighted by atomic mass is 9.65. The quantitative estimate of drug-likeness (QED) is 0.666. The number of Topliss-reactive ketones (excluding diaryl/α,β-unsaturated/α-hetero) is 1. The molecule has 0 radical (unpaired) electrons. The Balaban J connectivity index is 0.000000771. The average molecular weight is 252 g/mol. The molecule has 2 heteroatoms. The van der Waals surface area contributed by atoms with Gasteiger partial charge in [-0.25, -0.2) is 4.39 Å². The Morgan fingerprint density at radius 2 is 1.83 bits per heavy atom. The summed E-state index contributed by atoms with van der Waals surface area (Å²) in [7, 11) is 0. The maximum Gasteiger partial charge on any atom is 0.140 e. The van der Waals surface area contributed by atoms with Gasteiger partial charge in [-0.1, -0.05) is 45.3 Å². The predicted octanol–water partition coefficient (Wildman–Crippen LogP) is 5.13. The molecule has 2 aliphatic rings. The van der Waals surface area contributed by atoms with Gasteiger partial charge in [-0.15, -0.1) is 0 Å². The van der Waals surface area contributed by atoms with Crippen LogP contribution in [0.25, 0.3) is 0 Å². The zero-order valence-electron chi connectivity index (χ0n) is 11.9. The monoisotopic (exact) mass is 252 g/mol. The standard InChI is InChI=1S/C14H19FO.C2H6/c1-11(16)14(9-5-2-6-10-14)12-7-3-4-8-13(12)15;1-2/h3,7H,2,4-6,8-10H2,1H3;1-2H3. The van der Waals surface area contributed by atoms with Crippen LogP contribution in [0.4, 0.5) is 4.39 Å². The summed E-state index contributed by atoms with van der Waals surface area (Å²) in [6.45, 7) is 5.62. The van der Waals surface area contributed by atoms with E-state index in [1.54, 1.807) is 6.92 Å². The first-order valence-electron chi connectivity index (χ1n) is 7.23. The average Bonchev–Trinajstić information content (AvgIpc) is 2.42. The van der Waals surface area contributed by atoms with E-state index in [9.17, 15) is 9.18 Å². The van der Waals surface area contributed by atoms with Crippen molar-refractivity contribution in [1.29, 1.82) is 0 Å². The number of hydrogen-bond donors (Lipinski definition) is 0. The van der Waals surface area contributed by atoms with Crippen LogP contribution in [0.15, 0.2) is 23.6 Å². The van der Waals surface area contributed by atoms with Crippen LogP contribution in [0.3, 0.4) is 0 Å². The van der Waals surface area contributed by atoms with E-state index in [1.165, 1.54) is 6.42 Å². The lowest BCUT2D eigenvalue weighted by molar-refractivity contribution is -0.126. The van der Waals surface area contributed by atoms with Gasteiger partial charge < -0.3 is 0 Å². The van der Waals surface area contributed by atoms with E-state index in [4.69, 9.17) is 0 Å². The SMILES string of the molecule is CC.CC(=O)C1(C2=C(F)CCC=C2)CCCCC1. The second-order valence-corrected chi connectivity index (χ2v) is 4.96. The number of carbonyl (C=O) groups excluding carboxylic acids is 1. The summed E-state index contributed by atoms with van der Waals surface area (Å²) in [5, 5.41) is 0. The van der Waals surface area contributed by atoms with Crippen LogP contribution in [0.2, 0.25) is 0 Å². The summed E-state index contributed by atoms with van der Waals surface area (Å²) in [4.78, 5) is 11.9. The Kier molecular flexibility index (Phi) is 5.77. The van der Waals surface area contributed by atoms with Crippen LogP contribution in [0.5, 0.6) is 0 Å². The van der Waals surface area contributed by atoms with Crippen molar-refractivity contribution in [3.05, 3.63) is 23.6 Å². The highest BCUT2D eigenvalue weighted by Crippen LogP contribution is 2.46. The van der Waals surface area contributed by atoms with Gasteiger partial charge in [0, 0.05) is 6.42 Å². The lowest BCUT2D eigenvalue weighted by Crippen LogP contribution is -2.34. The van der Waals surface area contributed by atoms with Gasteiger partial charge in [0.15, 0.2) is 0 Å². The van der Waals surface area contributed by atoms with Gasteiger partial charge in [0.2, 0.25) is 0 Å². The fourth-order valence-electron chi connectivity index (χ4n) is 3.02. The highest BCUT2D eigenvalue weighted by molar-refractivity contribution is 5.86. The first-order valence-corrected chi connectivity index (χ1v) is 7.23. The zero-order valence-corrected chi connectivity index (χ0v) is 11.9. The summed E-state index contributed by atoms with van der Waals surface area (Å²) in [6.07, 6.45) is 10.0. The Hall–Kier alpha value is -0.920. The van der Waals surface area contributed by atoms with Crippen molar-refractivity contribution in [2.75, 3.05) is 0 Å². The van der Waals surface area contributed by atoms with Crippen molar-refractivity contribution in [3.8, 4) is 0 Å². The van der Waals surface area contributed by atoms with Gasteiger partial charge in [-0.2, -0.15) is 0 Å². The molecule has 0 aromatic heterocycles. The molecule has 2 aliphatic carbocycles. The van der Waals surface area contributed by atoms with E-state index >= 15 is 0 Å². The Labute approximate surface area is 110 Å². The van der Waals surface area contributed by atoms with Crippen molar-refractivity contribution in [2.24, 2.45) is 5.41 Å². The van der Waals surface area contributed by atoms with Crippen molar-refractivity contribution in [3.63, 3.8) is 0 Å². The normalized spacial score (nSPS) is 22.2. The topological polar surface area (TPSA) is 17.1 Å². The van der Waals surface area contributed by atoms with Crippen molar-refractivity contribution in [1.82, 2.24) is 0 Å². The van der Waals surface area contributed by atoms with E-state index in [1.807, 2.05) is 26.0 Å². The maximum atomic E-state index is 13.9. The second kappa shape index (κ2) is 6.86. The molecule has 0 aromatic carbocycles. The van der Waals surface area contributed by atoms with Crippen molar-refractivity contribution < 1.29 is 9.18 Å². The zero-order chi connectivity index (χ0) is 13.6. The predicted molar refractivity (Wildman–Crippen MR) is 74.1 cm³/mol. The van der Waals surface area contributed by atoms with Crippen molar-refractivity contribution >= 4 is 5.78 Å². The smallest absolute Gasteiger partial charge is 0.140 e. The molecule has 0 spiro atoms. The van der Waals surface area contributed by atoms with Crippen LogP contribution in [-0.4, -0.2) is 5.78 Å². The number of allylic oxidation sites excluding steroid dienone is 4. The molecule has 1 saturated carbocycles. The van der Waals surface area contributed by atoms with Crippen LogP contribution in [0.1, 0.15) is 65.7 Å².